The van der Waals surface area contributed by atoms with Gasteiger partial charge in [0.25, 0.3) is 0 Å². The highest BCUT2D eigenvalue weighted by atomic mass is 16.5. The molecule has 3 aromatic carbocycles. The zero-order chi connectivity index (χ0) is 26.0. The predicted molar refractivity (Wildman–Crippen MR) is 146 cm³/mol. The molecule has 192 valence electrons. The number of aryl methyl sites for hydroxylation is 2. The fourth-order valence-corrected chi connectivity index (χ4v) is 4.29. The predicted octanol–water partition coefficient (Wildman–Crippen LogP) is 8.80. The Morgan fingerprint density at radius 2 is 1.22 bits per heavy atom. The van der Waals surface area contributed by atoms with E-state index in [4.69, 9.17) is 14.2 Å². The SMILES string of the molecule is CCCc1cccc(Oc2nc(Oc3cccc(C)c3)nc(Oc3cccc(C(CC)CCC)c3)n2)c1. The van der Waals surface area contributed by atoms with E-state index in [0.29, 0.717) is 23.2 Å². The lowest BCUT2D eigenvalue weighted by Gasteiger charge is -2.15. The first-order chi connectivity index (χ1) is 18.1. The molecule has 0 aliphatic carbocycles. The summed E-state index contributed by atoms with van der Waals surface area (Å²) in [6.07, 6.45) is 5.37. The number of aromatic nitrogens is 3. The Morgan fingerprint density at radius 3 is 1.78 bits per heavy atom. The molecule has 0 aliphatic heterocycles. The molecule has 1 aromatic heterocycles. The number of nitrogens with zero attached hydrogens (tertiary/aromatic N) is 3. The Balaban J connectivity index is 1.64. The van der Waals surface area contributed by atoms with Crippen LogP contribution in [-0.4, -0.2) is 15.0 Å². The minimum atomic E-state index is 0.101. The van der Waals surface area contributed by atoms with E-state index in [9.17, 15) is 0 Å². The maximum absolute atomic E-state index is 6.11. The highest BCUT2D eigenvalue weighted by molar-refractivity contribution is 5.35. The fraction of sp³-hybridized carbons (Fsp3) is 0.323. The van der Waals surface area contributed by atoms with Crippen LogP contribution in [0.2, 0.25) is 0 Å². The van der Waals surface area contributed by atoms with Crippen molar-refractivity contribution in [3.8, 4) is 35.3 Å². The van der Waals surface area contributed by atoms with Crippen LogP contribution in [0.1, 0.15) is 69.1 Å². The molecule has 0 saturated carbocycles. The van der Waals surface area contributed by atoms with Gasteiger partial charge in [0.2, 0.25) is 0 Å². The number of ether oxygens (including phenoxy) is 3. The van der Waals surface area contributed by atoms with Gasteiger partial charge in [-0.2, -0.15) is 0 Å². The third-order valence-electron chi connectivity index (χ3n) is 6.09. The number of hydrogen-bond donors (Lipinski definition) is 0. The molecule has 0 N–H and O–H groups in total. The lowest BCUT2D eigenvalue weighted by molar-refractivity contribution is 0.361. The molecule has 0 aliphatic rings. The second-order valence-electron chi connectivity index (χ2n) is 9.17. The van der Waals surface area contributed by atoms with Crippen LogP contribution in [0.5, 0.6) is 35.3 Å². The van der Waals surface area contributed by atoms with Gasteiger partial charge in [0.05, 0.1) is 0 Å². The first-order valence-electron chi connectivity index (χ1n) is 13.1. The summed E-state index contributed by atoms with van der Waals surface area (Å²) in [5.74, 6) is 2.43. The molecule has 1 heterocycles. The summed E-state index contributed by atoms with van der Waals surface area (Å²) in [4.78, 5) is 13.3. The van der Waals surface area contributed by atoms with E-state index in [0.717, 1.165) is 37.7 Å². The van der Waals surface area contributed by atoms with Crippen molar-refractivity contribution in [2.24, 2.45) is 0 Å². The Kier molecular flexibility index (Phi) is 9.08. The van der Waals surface area contributed by atoms with E-state index in [1.54, 1.807) is 0 Å². The van der Waals surface area contributed by atoms with Crippen molar-refractivity contribution in [3.05, 3.63) is 89.5 Å². The monoisotopic (exact) mass is 497 g/mol. The van der Waals surface area contributed by atoms with Crippen molar-refractivity contribution in [2.75, 3.05) is 0 Å². The molecule has 6 nitrogen and oxygen atoms in total. The number of hydrogen-bond acceptors (Lipinski definition) is 6. The smallest absolute Gasteiger partial charge is 0.331 e. The summed E-state index contributed by atoms with van der Waals surface area (Å²) in [5, 5.41) is 0. The molecule has 6 heteroatoms. The van der Waals surface area contributed by atoms with Crippen molar-refractivity contribution < 1.29 is 14.2 Å². The third-order valence-corrected chi connectivity index (χ3v) is 6.09. The Hall–Kier alpha value is -3.93. The Morgan fingerprint density at radius 1 is 0.649 bits per heavy atom. The molecule has 0 radical (unpaired) electrons. The van der Waals surface area contributed by atoms with Crippen LogP contribution in [0.4, 0.5) is 0 Å². The van der Waals surface area contributed by atoms with Gasteiger partial charge < -0.3 is 14.2 Å². The molecule has 0 fully saturated rings. The highest BCUT2D eigenvalue weighted by Crippen LogP contribution is 2.31. The zero-order valence-corrected chi connectivity index (χ0v) is 22.1. The topological polar surface area (TPSA) is 66.4 Å². The van der Waals surface area contributed by atoms with Crippen molar-refractivity contribution >= 4 is 0 Å². The summed E-state index contributed by atoms with van der Waals surface area (Å²) in [6.45, 7) is 8.58. The molecule has 0 amide bonds. The molecular formula is C31H35N3O3. The molecule has 4 rings (SSSR count). The molecule has 4 aromatic rings. The normalized spacial score (nSPS) is 11.7. The molecule has 0 spiro atoms. The first-order valence-corrected chi connectivity index (χ1v) is 13.1. The third kappa shape index (κ3) is 7.53. The minimum absolute atomic E-state index is 0.101. The van der Waals surface area contributed by atoms with Crippen LogP contribution < -0.4 is 14.2 Å². The van der Waals surface area contributed by atoms with Gasteiger partial charge in [-0.25, -0.2) is 0 Å². The van der Waals surface area contributed by atoms with Gasteiger partial charge in [-0.1, -0.05) is 70.0 Å². The molecule has 0 saturated heterocycles. The van der Waals surface area contributed by atoms with Crippen LogP contribution in [-0.2, 0) is 6.42 Å². The van der Waals surface area contributed by atoms with Gasteiger partial charge in [-0.3, -0.25) is 0 Å². The quantitative estimate of drug-likeness (QED) is 0.195. The summed E-state index contributed by atoms with van der Waals surface area (Å²) in [5.41, 5.74) is 3.51. The highest BCUT2D eigenvalue weighted by Gasteiger charge is 2.15. The summed E-state index contributed by atoms with van der Waals surface area (Å²) in [7, 11) is 0. The van der Waals surface area contributed by atoms with Gasteiger partial charge in [0, 0.05) is 0 Å². The zero-order valence-electron chi connectivity index (χ0n) is 22.1. The molecular weight excluding hydrogens is 462 g/mol. The number of benzene rings is 3. The van der Waals surface area contributed by atoms with E-state index >= 15 is 0 Å². The summed E-state index contributed by atoms with van der Waals surface area (Å²) >= 11 is 0. The number of rotatable bonds is 12. The first kappa shape index (κ1) is 26.1. The van der Waals surface area contributed by atoms with Crippen molar-refractivity contribution in [3.63, 3.8) is 0 Å². The van der Waals surface area contributed by atoms with Gasteiger partial charge in [0.15, 0.2) is 0 Å². The van der Waals surface area contributed by atoms with E-state index in [1.807, 2.05) is 61.5 Å². The lowest BCUT2D eigenvalue weighted by Crippen LogP contribution is -2.02. The Bertz CT molecular complexity index is 1310. The van der Waals surface area contributed by atoms with E-state index in [1.165, 1.54) is 11.1 Å². The van der Waals surface area contributed by atoms with Gasteiger partial charge in [-0.05, 0) is 85.2 Å². The second-order valence-corrected chi connectivity index (χ2v) is 9.17. The molecule has 1 atom stereocenters. The maximum Gasteiger partial charge on any atom is 0.331 e. The van der Waals surface area contributed by atoms with Crippen LogP contribution in [0.25, 0.3) is 0 Å². The summed E-state index contributed by atoms with van der Waals surface area (Å²) in [6, 6.07) is 24.1. The standard InChI is InChI=1S/C31H35N3O3/c1-5-11-23-14-9-17-27(20-23)36-30-32-29(35-26-16-8-13-22(4)19-26)33-31(34-30)37-28-18-10-15-25(21-28)24(7-3)12-6-2/h8-10,13-21,24H,5-7,11-12H2,1-4H3. The van der Waals surface area contributed by atoms with Gasteiger partial charge >= 0.3 is 18.0 Å². The lowest BCUT2D eigenvalue weighted by atomic mass is 9.92. The van der Waals surface area contributed by atoms with E-state index in [-0.39, 0.29) is 18.0 Å². The summed E-state index contributed by atoms with van der Waals surface area (Å²) < 4.78 is 18.1. The van der Waals surface area contributed by atoms with Crippen LogP contribution in [0.3, 0.4) is 0 Å². The van der Waals surface area contributed by atoms with Gasteiger partial charge in [-0.15, -0.1) is 15.0 Å². The van der Waals surface area contributed by atoms with Crippen molar-refractivity contribution in [1.29, 1.82) is 0 Å². The largest absolute Gasteiger partial charge is 0.424 e. The Labute approximate surface area is 219 Å². The van der Waals surface area contributed by atoms with Crippen LogP contribution >= 0.6 is 0 Å². The molecule has 37 heavy (non-hydrogen) atoms. The second kappa shape index (κ2) is 12.9. The average Bonchev–Trinajstić information content (AvgIpc) is 2.88. The van der Waals surface area contributed by atoms with Gasteiger partial charge in [0.1, 0.15) is 17.2 Å². The van der Waals surface area contributed by atoms with E-state index < -0.39 is 0 Å². The average molecular weight is 498 g/mol. The minimum Gasteiger partial charge on any atom is -0.424 e. The van der Waals surface area contributed by atoms with Crippen molar-refractivity contribution in [2.45, 2.75) is 65.7 Å². The van der Waals surface area contributed by atoms with Crippen LogP contribution in [0, 0.1) is 6.92 Å². The van der Waals surface area contributed by atoms with Crippen LogP contribution in [0.15, 0.2) is 72.8 Å². The molecule has 0 bridgehead atoms. The fourth-order valence-electron chi connectivity index (χ4n) is 4.29. The maximum atomic E-state index is 6.11. The molecule has 1 unspecified atom stereocenters. The van der Waals surface area contributed by atoms with E-state index in [2.05, 4.69) is 53.9 Å². The van der Waals surface area contributed by atoms with Crippen molar-refractivity contribution in [1.82, 2.24) is 15.0 Å².